The molecule has 314 valence electrons. The predicted octanol–water partition coefficient (Wildman–Crippen LogP) is -30.3. The SMILES string of the molecule is O=C([O-])c1cc2c(cc1C(=O)[O-])-c1nc-2nc2nc([nH]c3nc(nc4[nH]c(n1)c1cc(C(=O)[O-])c(C(=O)[O-])cc41)-c1cc(C(=O)[O-])c(C(=O)[O-])cc1-3)-c1cc(C(=O)[O-])c(C(=O)[O-])cc1-2.[Na+].[Na+].[Na+].[Na+].[Na+].[Na+].[Na+].[Na+]. The second-order valence-electron chi connectivity index (χ2n) is 13.7. The van der Waals surface area contributed by atoms with E-state index in [0.29, 0.717) is 0 Å². The molecule has 0 radical (unpaired) electrons. The summed E-state index contributed by atoms with van der Waals surface area (Å²) in [5.74, 6) is -18.6. The quantitative estimate of drug-likeness (QED) is 0.133. The summed E-state index contributed by atoms with van der Waals surface area (Å²) in [6.07, 6.45) is 0. The van der Waals surface area contributed by atoms with Crippen LogP contribution in [0.5, 0.6) is 0 Å². The molecule has 0 spiro atoms. The number of H-pyrrole nitrogens is 2. The molecule has 6 aromatic rings. The Hall–Kier alpha value is -2.00. The number of hydrogen-bond acceptors (Lipinski definition) is 22. The van der Waals surface area contributed by atoms with Crippen LogP contribution >= 0.6 is 0 Å². The third kappa shape index (κ3) is 12.2. The van der Waals surface area contributed by atoms with Crippen molar-refractivity contribution in [1.82, 2.24) is 39.9 Å². The second-order valence-corrected chi connectivity index (χ2v) is 13.7. The molecular weight excluding hydrogens is 1030 g/mol. The van der Waals surface area contributed by atoms with Gasteiger partial charge in [0, 0.05) is 88.7 Å². The molecule has 32 heteroatoms. The number of fused-ring (bicyclic) bond motifs is 20. The minimum atomic E-state index is -2.00. The Morgan fingerprint density at radius 3 is 0.764 bits per heavy atom. The Kier molecular flexibility index (Phi) is 24.9. The summed E-state index contributed by atoms with van der Waals surface area (Å²) in [6, 6.07) is 6.37. The summed E-state index contributed by atoms with van der Waals surface area (Å²) in [5, 5.41) is 97.0. The number of carboxylic acid groups (broad SMARTS) is 8. The molecule has 4 aromatic carbocycles. The monoisotopic (exact) mass is 1040 g/mol. The molecule has 0 atom stereocenters. The number of carbonyl (C=O) groups excluding carboxylic acids is 8. The number of nitrogens with zero attached hydrogens (tertiary/aromatic N) is 6. The molecule has 2 N–H and O–H groups in total. The molecule has 72 heavy (non-hydrogen) atoms. The van der Waals surface area contributed by atoms with Gasteiger partial charge in [-0.3, -0.25) is 0 Å². The van der Waals surface area contributed by atoms with Crippen molar-refractivity contribution in [3.05, 3.63) is 93.0 Å². The summed E-state index contributed by atoms with van der Waals surface area (Å²) in [6.45, 7) is 0. The van der Waals surface area contributed by atoms with Crippen LogP contribution in [0.1, 0.15) is 82.9 Å². The van der Waals surface area contributed by atoms with E-state index < -0.39 is 127 Å². The van der Waals surface area contributed by atoms with Crippen molar-refractivity contribution in [2.45, 2.75) is 0 Å². The van der Waals surface area contributed by atoms with E-state index in [0.717, 1.165) is 48.5 Å². The van der Waals surface area contributed by atoms with Gasteiger partial charge < -0.3 is 89.2 Å². The number of hydrogen-bond donors (Lipinski definition) is 2. The molecule has 0 fully saturated rings. The van der Waals surface area contributed by atoms with E-state index in [9.17, 15) is 79.2 Å². The first-order chi connectivity index (χ1) is 30.3. The first-order valence-corrected chi connectivity index (χ1v) is 17.6. The van der Waals surface area contributed by atoms with Gasteiger partial charge in [-0.2, -0.15) is 0 Å². The van der Waals surface area contributed by atoms with Crippen LogP contribution in [0.3, 0.4) is 0 Å². The van der Waals surface area contributed by atoms with E-state index in [1.807, 2.05) is 0 Å². The third-order valence-electron chi connectivity index (χ3n) is 10.1. The average Bonchev–Trinajstić information content (AvgIpc) is 3.96. The van der Waals surface area contributed by atoms with Crippen LogP contribution in [0.15, 0.2) is 48.5 Å². The molecule has 0 unspecified atom stereocenters. The van der Waals surface area contributed by atoms with Gasteiger partial charge in [0.2, 0.25) is 0 Å². The molecule has 9 rings (SSSR count). The van der Waals surface area contributed by atoms with Crippen LogP contribution < -0.4 is 277 Å². The molecule has 0 saturated carbocycles. The van der Waals surface area contributed by atoms with Gasteiger partial charge >= 0.3 is 236 Å². The molecule has 0 saturated heterocycles. The maximum absolute atomic E-state index is 12.2. The minimum Gasteiger partial charge on any atom is -0.545 e. The normalized spacial score (nSPS) is 10.2. The number of rotatable bonds is 8. The molecule has 3 aliphatic heterocycles. The molecule has 24 nitrogen and oxygen atoms in total. The van der Waals surface area contributed by atoms with Crippen LogP contribution in [0.25, 0.3) is 90.4 Å². The first-order valence-electron chi connectivity index (χ1n) is 17.6. The van der Waals surface area contributed by atoms with Crippen molar-refractivity contribution in [2.75, 3.05) is 0 Å². The molecule has 0 aliphatic carbocycles. The first kappa shape index (κ1) is 68.0. The van der Waals surface area contributed by atoms with Gasteiger partial charge in [-0.05, 0) is 48.5 Å². The third-order valence-corrected chi connectivity index (χ3v) is 10.1. The Labute approximate surface area is 577 Å². The number of carboxylic acids is 8. The second kappa shape index (κ2) is 26.4. The number of nitrogens with one attached hydrogen (secondary N) is 2. The largest absolute Gasteiger partial charge is 1.00 e. The topological polar surface area (TPSA) is 430 Å². The molecule has 3 aliphatic rings. The van der Waals surface area contributed by atoms with Crippen molar-refractivity contribution in [3.63, 3.8) is 0 Å². The van der Waals surface area contributed by atoms with Gasteiger partial charge in [0.15, 0.2) is 23.3 Å². The maximum Gasteiger partial charge on any atom is 1.00 e. The van der Waals surface area contributed by atoms with Crippen LogP contribution in [0.4, 0.5) is 0 Å². The number of aromatic carboxylic acids is 8. The van der Waals surface area contributed by atoms with Gasteiger partial charge in [-0.1, -0.05) is 0 Å². The zero-order valence-electron chi connectivity index (χ0n) is 38.8. The summed E-state index contributed by atoms with van der Waals surface area (Å²) in [4.78, 5) is 129. The van der Waals surface area contributed by atoms with Crippen LogP contribution in [0, 0.1) is 0 Å². The standard InChI is InChI=1S/C40H18N8O16.8Na/c49-33(50)17-1-9-10(2-18(17)34(51)52)26-41-25(9)45-27-11-3-19(35(53)54)20(36(55)56)4-12(11)29(42-27)47-31-15-7-23(39(61)62)24(40(63)64)8-16(15)32(44-31)48-30-14-6-22(38(59)60)21(37(57)58)5-13(14)28(43-30)46-26;;;;;;;;/h1-8H,(H,49,50)(H,51,52)(H,53,54)(H,55,56)(H,57,58)(H,59,60)(H,61,62)(H,63,64)(H2,41,42,43,44,45,46,47,48);;;;;;;;/q;8*+1/p-8. The minimum absolute atomic E-state index is 0. The summed E-state index contributed by atoms with van der Waals surface area (Å²) < 4.78 is 0. The average molecular weight is 1040 g/mol. The van der Waals surface area contributed by atoms with Gasteiger partial charge in [0.1, 0.15) is 22.9 Å². The zero-order chi connectivity index (χ0) is 45.8. The van der Waals surface area contributed by atoms with Crippen LogP contribution in [-0.4, -0.2) is 87.6 Å². The Morgan fingerprint density at radius 1 is 0.278 bits per heavy atom. The van der Waals surface area contributed by atoms with Gasteiger partial charge in [0.25, 0.3) is 0 Å². The summed E-state index contributed by atoms with van der Waals surface area (Å²) >= 11 is 0. The van der Waals surface area contributed by atoms with Crippen LogP contribution in [0.2, 0.25) is 0 Å². The zero-order valence-corrected chi connectivity index (χ0v) is 54.8. The van der Waals surface area contributed by atoms with Crippen molar-refractivity contribution in [1.29, 1.82) is 0 Å². The van der Waals surface area contributed by atoms with Crippen LogP contribution in [-0.2, 0) is 0 Å². The Balaban J connectivity index is 0.00000324. The van der Waals surface area contributed by atoms with E-state index in [4.69, 9.17) is 0 Å². The fourth-order valence-electron chi connectivity index (χ4n) is 7.33. The van der Waals surface area contributed by atoms with E-state index in [-0.39, 0.29) is 292 Å². The Bertz CT molecular complexity index is 3360. The number of benzene rings is 4. The predicted molar refractivity (Wildman–Crippen MR) is 189 cm³/mol. The van der Waals surface area contributed by atoms with Gasteiger partial charge in [-0.15, -0.1) is 0 Å². The molecule has 0 amide bonds. The summed E-state index contributed by atoms with van der Waals surface area (Å²) in [5.41, 5.74) is -9.69. The fraction of sp³-hybridized carbons (Fsp3) is 0. The Morgan fingerprint density at radius 2 is 0.486 bits per heavy atom. The maximum atomic E-state index is 12.2. The number of aromatic amines is 2. The van der Waals surface area contributed by atoms with Crippen molar-refractivity contribution in [2.24, 2.45) is 0 Å². The smallest absolute Gasteiger partial charge is 0.545 e. The van der Waals surface area contributed by atoms with Gasteiger partial charge in [-0.25, -0.2) is 29.9 Å². The van der Waals surface area contributed by atoms with Gasteiger partial charge in [0.05, 0.1) is 47.8 Å². The van der Waals surface area contributed by atoms with E-state index in [2.05, 4.69) is 39.9 Å². The summed E-state index contributed by atoms with van der Waals surface area (Å²) in [7, 11) is 0. The molecule has 2 aromatic heterocycles. The molecule has 5 heterocycles. The molecular formula is C40H10N8Na8O16. The fourth-order valence-corrected chi connectivity index (χ4v) is 7.33. The van der Waals surface area contributed by atoms with Crippen molar-refractivity contribution in [3.8, 4) is 68.3 Å². The number of carbonyl (C=O) groups is 8. The van der Waals surface area contributed by atoms with E-state index >= 15 is 0 Å². The number of aromatic nitrogens is 8. The van der Waals surface area contributed by atoms with E-state index in [1.165, 1.54) is 0 Å². The van der Waals surface area contributed by atoms with Crippen molar-refractivity contribution < 1.29 is 316 Å². The van der Waals surface area contributed by atoms with Crippen molar-refractivity contribution >= 4 is 69.8 Å². The van der Waals surface area contributed by atoms with E-state index in [1.54, 1.807) is 0 Å². The molecule has 8 bridgehead atoms.